The number of hydrogen-bond acceptors (Lipinski definition) is 4. The van der Waals surface area contributed by atoms with Gasteiger partial charge in [0, 0.05) is 18.8 Å². The summed E-state index contributed by atoms with van der Waals surface area (Å²) in [7, 11) is 0. The van der Waals surface area contributed by atoms with Crippen LogP contribution in [0.1, 0.15) is 35.6 Å². The normalized spacial score (nSPS) is 11.4. The highest BCUT2D eigenvalue weighted by Gasteiger charge is 2.26. The Labute approximate surface area is 187 Å². The Bertz CT molecular complexity index is 1180. The molecule has 0 fully saturated rings. The summed E-state index contributed by atoms with van der Waals surface area (Å²) in [5.41, 5.74) is -0.400. The number of aromatic nitrogens is 2. The van der Waals surface area contributed by atoms with Crippen molar-refractivity contribution in [3.63, 3.8) is 0 Å². The van der Waals surface area contributed by atoms with E-state index in [0.29, 0.717) is 5.69 Å². The van der Waals surface area contributed by atoms with Crippen LogP contribution in [0.3, 0.4) is 0 Å². The molecule has 3 rings (SSSR count). The van der Waals surface area contributed by atoms with E-state index in [0.717, 1.165) is 12.1 Å². The topological polar surface area (TPSA) is 105 Å². The van der Waals surface area contributed by atoms with E-state index in [4.69, 9.17) is 21.4 Å². The first kappa shape index (κ1) is 23.3. The number of pyridine rings is 1. The smallest absolute Gasteiger partial charge is 0.404 e. The lowest BCUT2D eigenvalue weighted by Gasteiger charge is -2.26. The predicted molar refractivity (Wildman–Crippen MR) is 113 cm³/mol. The molecule has 2 amide bonds. The van der Waals surface area contributed by atoms with Crippen LogP contribution in [0.2, 0.25) is 5.02 Å². The summed E-state index contributed by atoms with van der Waals surface area (Å²) in [5.74, 6) is -1.88. The van der Waals surface area contributed by atoms with Gasteiger partial charge in [-0.05, 0) is 32.9 Å². The highest BCUT2D eigenvalue weighted by Crippen LogP contribution is 2.28. The average Bonchev–Trinajstić information content (AvgIpc) is 3.01. The lowest BCUT2D eigenvalue weighted by atomic mass is 10.1. The maximum Gasteiger partial charge on any atom is 0.404 e. The molecule has 0 bridgehead atoms. The number of amides is 2. The molecule has 3 N–H and O–H groups in total. The third kappa shape index (κ3) is 5.08. The summed E-state index contributed by atoms with van der Waals surface area (Å²) in [6, 6.07) is 4.93. The summed E-state index contributed by atoms with van der Waals surface area (Å²) in [4.78, 5) is 28.1. The Kier molecular flexibility index (Phi) is 6.54. The monoisotopic (exact) mass is 466 g/mol. The molecule has 0 spiro atoms. The van der Waals surface area contributed by atoms with Crippen LogP contribution in [0, 0.1) is 18.6 Å². The van der Waals surface area contributed by atoms with E-state index in [-0.39, 0.29) is 34.2 Å². The number of fused-ring (bicyclic) bond motifs is 1. The number of benzene rings is 1. The molecule has 3 aromatic rings. The number of nitrogens with one attached hydrogen (secondary N) is 2. The summed E-state index contributed by atoms with van der Waals surface area (Å²) in [6.07, 6.45) is 0.253. The third-order valence-electron chi connectivity index (χ3n) is 4.61. The van der Waals surface area contributed by atoms with E-state index in [9.17, 15) is 18.4 Å². The van der Waals surface area contributed by atoms with Crippen molar-refractivity contribution in [2.75, 3.05) is 6.54 Å². The molecular formula is C21H21ClF2N4O4. The van der Waals surface area contributed by atoms with Crippen LogP contribution < -0.4 is 15.4 Å². The quantitative estimate of drug-likeness (QED) is 0.489. The number of halogens is 3. The number of rotatable bonds is 7. The number of carboxylic acid groups (broad SMARTS) is 1. The standard InChI is InChI=1S/C21H21ClF2N4O4/c1-11-17(19(29)27-21(2,3)10-25-20(30)31)28-8-12(22)7-16(18(28)26-11)32-9-13-14(23)5-4-6-15(13)24/h4-8,25H,9-10H2,1-3H3,(H,27,29)(H,30,31). The highest BCUT2D eigenvalue weighted by molar-refractivity contribution is 6.30. The molecule has 0 aliphatic rings. The van der Waals surface area contributed by atoms with Crippen LogP contribution in [0.5, 0.6) is 5.75 Å². The first-order chi connectivity index (χ1) is 15.0. The van der Waals surface area contributed by atoms with E-state index in [1.807, 2.05) is 0 Å². The van der Waals surface area contributed by atoms with Gasteiger partial charge < -0.3 is 20.5 Å². The molecule has 0 saturated heterocycles. The second-order valence-corrected chi connectivity index (χ2v) is 8.18. The molecule has 8 nitrogen and oxygen atoms in total. The third-order valence-corrected chi connectivity index (χ3v) is 4.82. The average molecular weight is 467 g/mol. The highest BCUT2D eigenvalue weighted by atomic mass is 35.5. The number of aryl methyl sites for hydroxylation is 1. The molecule has 2 aromatic heterocycles. The van der Waals surface area contributed by atoms with Crippen LogP contribution in [0.15, 0.2) is 30.5 Å². The number of carbonyl (C=O) groups is 2. The number of hydrogen-bond donors (Lipinski definition) is 3. The predicted octanol–water partition coefficient (Wildman–Crippen LogP) is 3.93. The Balaban J connectivity index is 1.92. The van der Waals surface area contributed by atoms with Crippen LogP contribution in [-0.2, 0) is 6.61 Å². The Morgan fingerprint density at radius 1 is 1.28 bits per heavy atom. The minimum absolute atomic E-state index is 0.0207. The van der Waals surface area contributed by atoms with Crippen LogP contribution >= 0.6 is 11.6 Å². The maximum absolute atomic E-state index is 13.9. The van der Waals surface area contributed by atoms with E-state index >= 15 is 0 Å². The zero-order chi connectivity index (χ0) is 23.6. The van der Waals surface area contributed by atoms with E-state index < -0.39 is 35.8 Å². The van der Waals surface area contributed by atoms with Crippen molar-refractivity contribution in [1.82, 2.24) is 20.0 Å². The minimum Gasteiger partial charge on any atom is -0.485 e. The molecule has 0 atom stereocenters. The first-order valence-corrected chi connectivity index (χ1v) is 9.89. The van der Waals surface area contributed by atoms with Gasteiger partial charge in [-0.2, -0.15) is 0 Å². The van der Waals surface area contributed by atoms with E-state index in [1.165, 1.54) is 22.7 Å². The second kappa shape index (κ2) is 8.99. The van der Waals surface area contributed by atoms with Gasteiger partial charge in [0.2, 0.25) is 0 Å². The molecular weight excluding hydrogens is 446 g/mol. The molecule has 1 aromatic carbocycles. The molecule has 0 aliphatic heterocycles. The van der Waals surface area contributed by atoms with Crippen molar-refractivity contribution in [3.05, 3.63) is 64.1 Å². The van der Waals surface area contributed by atoms with Gasteiger partial charge in [0.1, 0.15) is 23.9 Å². The van der Waals surface area contributed by atoms with Gasteiger partial charge in [0.25, 0.3) is 5.91 Å². The lowest BCUT2D eigenvalue weighted by molar-refractivity contribution is 0.0904. The van der Waals surface area contributed by atoms with Crippen LogP contribution in [0.25, 0.3) is 5.65 Å². The van der Waals surface area contributed by atoms with Crippen molar-refractivity contribution in [1.29, 1.82) is 0 Å². The minimum atomic E-state index is -1.21. The molecule has 2 heterocycles. The van der Waals surface area contributed by atoms with Gasteiger partial charge in [-0.1, -0.05) is 17.7 Å². The Morgan fingerprint density at radius 2 is 1.94 bits per heavy atom. The Hall–Kier alpha value is -3.40. The van der Waals surface area contributed by atoms with Crippen molar-refractivity contribution in [3.8, 4) is 5.75 Å². The van der Waals surface area contributed by atoms with E-state index in [2.05, 4.69) is 15.6 Å². The molecule has 32 heavy (non-hydrogen) atoms. The number of ether oxygens (including phenoxy) is 1. The fourth-order valence-corrected chi connectivity index (χ4v) is 3.30. The van der Waals surface area contributed by atoms with Gasteiger partial charge in [0.05, 0.1) is 21.8 Å². The maximum atomic E-state index is 13.9. The lowest BCUT2D eigenvalue weighted by Crippen LogP contribution is -2.51. The summed E-state index contributed by atoms with van der Waals surface area (Å²) < 4.78 is 34.9. The molecule has 11 heteroatoms. The number of nitrogens with zero attached hydrogens (tertiary/aromatic N) is 2. The number of imidazole rings is 1. The largest absolute Gasteiger partial charge is 0.485 e. The summed E-state index contributed by atoms with van der Waals surface area (Å²) in [6.45, 7) is 4.50. The van der Waals surface area contributed by atoms with Crippen molar-refractivity contribution in [2.24, 2.45) is 0 Å². The molecule has 0 unspecified atom stereocenters. The second-order valence-electron chi connectivity index (χ2n) is 7.75. The zero-order valence-electron chi connectivity index (χ0n) is 17.5. The molecule has 0 radical (unpaired) electrons. The molecule has 0 saturated carbocycles. The van der Waals surface area contributed by atoms with Gasteiger partial charge in [-0.25, -0.2) is 18.6 Å². The first-order valence-electron chi connectivity index (χ1n) is 9.51. The summed E-state index contributed by atoms with van der Waals surface area (Å²) >= 11 is 6.19. The van der Waals surface area contributed by atoms with Crippen LogP contribution in [-0.4, -0.2) is 38.6 Å². The Morgan fingerprint density at radius 3 is 2.56 bits per heavy atom. The fourth-order valence-electron chi connectivity index (χ4n) is 3.10. The van der Waals surface area contributed by atoms with Crippen molar-refractivity contribution < 1.29 is 28.2 Å². The summed E-state index contributed by atoms with van der Waals surface area (Å²) in [5, 5.41) is 14.0. The van der Waals surface area contributed by atoms with Gasteiger partial charge in [-0.15, -0.1) is 0 Å². The zero-order valence-corrected chi connectivity index (χ0v) is 18.3. The van der Waals surface area contributed by atoms with Gasteiger partial charge in [0.15, 0.2) is 11.4 Å². The van der Waals surface area contributed by atoms with Crippen molar-refractivity contribution >= 4 is 29.2 Å². The van der Waals surface area contributed by atoms with Crippen molar-refractivity contribution in [2.45, 2.75) is 32.9 Å². The molecule has 170 valence electrons. The number of carbonyl (C=O) groups excluding carboxylic acids is 1. The van der Waals surface area contributed by atoms with E-state index in [1.54, 1.807) is 20.8 Å². The van der Waals surface area contributed by atoms with Crippen LogP contribution in [0.4, 0.5) is 13.6 Å². The fraction of sp³-hybridized carbons (Fsp3) is 0.286. The molecule has 0 aliphatic carbocycles. The SMILES string of the molecule is Cc1nc2c(OCc3c(F)cccc3F)cc(Cl)cn2c1C(=O)NC(C)(C)CNC(=O)O. The van der Waals surface area contributed by atoms with Gasteiger partial charge in [-0.3, -0.25) is 9.20 Å². The van der Waals surface area contributed by atoms with Gasteiger partial charge >= 0.3 is 6.09 Å².